The van der Waals surface area contributed by atoms with Crippen molar-refractivity contribution in [3.05, 3.63) is 139 Å². The fourth-order valence-corrected chi connectivity index (χ4v) is 5.06. The first-order chi connectivity index (χ1) is 21.0. The predicted octanol–water partition coefficient (Wildman–Crippen LogP) is 11.6. The zero-order valence-corrected chi connectivity index (χ0v) is 33.6. The van der Waals surface area contributed by atoms with E-state index in [9.17, 15) is 0 Å². The molecular weight excluding hydrogens is 717 g/mol. The summed E-state index contributed by atoms with van der Waals surface area (Å²) in [6.45, 7) is 15.5. The Morgan fingerprint density at radius 2 is 1.02 bits per heavy atom. The van der Waals surface area contributed by atoms with Gasteiger partial charge in [0, 0.05) is 11.3 Å². The smallest absolute Gasteiger partial charge is 0.673 e. The van der Waals surface area contributed by atoms with E-state index < -0.39 is 0 Å². The Bertz CT molecular complexity index is 1320. The van der Waals surface area contributed by atoms with Crippen molar-refractivity contribution < 1.29 is 25.8 Å². The van der Waals surface area contributed by atoms with Gasteiger partial charge in [-0.2, -0.15) is 42.3 Å². The molecule has 0 fully saturated rings. The minimum atomic E-state index is -0.181. The molecule has 0 aliphatic heterocycles. The van der Waals surface area contributed by atoms with Crippen LogP contribution in [0.25, 0.3) is 32.5 Å². The van der Waals surface area contributed by atoms with Gasteiger partial charge in [0.15, 0.2) is 0 Å². The number of aromatic nitrogens is 1. The van der Waals surface area contributed by atoms with Crippen LogP contribution in [0, 0.1) is 20.8 Å². The molecule has 6 heteroatoms. The summed E-state index contributed by atoms with van der Waals surface area (Å²) in [5.41, 5.74) is 11.8. The molecule has 240 valence electrons. The van der Waals surface area contributed by atoms with Crippen LogP contribution in [-0.2, 0) is 25.8 Å². The molecule has 1 unspecified atom stereocenters. The quantitative estimate of drug-likeness (QED) is 0.173. The number of para-hydroxylation sites is 1. The van der Waals surface area contributed by atoms with Gasteiger partial charge >= 0.3 is 25.8 Å². The van der Waals surface area contributed by atoms with E-state index in [0.717, 1.165) is 22.6 Å². The summed E-state index contributed by atoms with van der Waals surface area (Å²) in [5, 5.41) is 16.0. The SMILES string of the molecule is C[N-]C.C[N-]C.C[N-]C.Cc1cc(C)c(-c2cccc(C([N-]c3c(C(C)C)cccc3C(C)C)c3ccccc3)n2)c(C)c1.[Hf+4]. The molecule has 1 heterocycles. The van der Waals surface area contributed by atoms with E-state index in [4.69, 9.17) is 10.3 Å². The van der Waals surface area contributed by atoms with Crippen LogP contribution >= 0.6 is 0 Å². The Kier molecular flexibility index (Phi) is 21.5. The molecule has 1 atom stereocenters. The van der Waals surface area contributed by atoms with Crippen molar-refractivity contribution in [1.82, 2.24) is 4.98 Å². The Balaban J connectivity index is 0.00000173. The van der Waals surface area contributed by atoms with Crippen LogP contribution in [0.15, 0.2) is 78.9 Å². The van der Waals surface area contributed by atoms with Gasteiger partial charge < -0.3 is 21.3 Å². The fraction of sp³-hybridized carbons (Fsp3) is 0.410. The van der Waals surface area contributed by atoms with E-state index in [1.165, 1.54) is 33.4 Å². The third-order valence-corrected chi connectivity index (χ3v) is 6.70. The number of hydrogen-bond donors (Lipinski definition) is 0. The van der Waals surface area contributed by atoms with E-state index in [0.29, 0.717) is 11.8 Å². The van der Waals surface area contributed by atoms with Crippen molar-refractivity contribution in [2.24, 2.45) is 0 Å². The van der Waals surface area contributed by atoms with Crippen LogP contribution in [0.5, 0.6) is 0 Å². The molecule has 0 spiro atoms. The van der Waals surface area contributed by atoms with Gasteiger partial charge in [-0.3, -0.25) is 4.98 Å². The van der Waals surface area contributed by atoms with E-state index in [2.05, 4.69) is 143 Å². The summed E-state index contributed by atoms with van der Waals surface area (Å²) in [6.07, 6.45) is 0. The average Bonchev–Trinajstić information content (AvgIpc) is 2.97. The largest absolute Gasteiger partial charge is 4.00 e. The summed E-state index contributed by atoms with van der Waals surface area (Å²) < 4.78 is 0. The molecule has 0 N–H and O–H groups in total. The van der Waals surface area contributed by atoms with Gasteiger partial charge in [-0.1, -0.05) is 117 Å². The Morgan fingerprint density at radius 1 is 0.578 bits per heavy atom. The molecule has 1 aromatic heterocycles. The molecule has 0 aliphatic carbocycles. The summed E-state index contributed by atoms with van der Waals surface area (Å²) in [6, 6.07) is 27.9. The first-order valence-corrected chi connectivity index (χ1v) is 15.4. The number of hydrogen-bond acceptors (Lipinski definition) is 1. The van der Waals surface area contributed by atoms with Crippen LogP contribution in [-0.4, -0.2) is 47.3 Å². The number of pyridine rings is 1. The fourth-order valence-electron chi connectivity index (χ4n) is 5.06. The molecule has 4 aromatic rings. The van der Waals surface area contributed by atoms with Crippen molar-refractivity contribution in [1.29, 1.82) is 0 Å². The second kappa shape index (κ2) is 22.8. The van der Waals surface area contributed by atoms with Gasteiger partial charge in [0.05, 0.1) is 5.69 Å². The monoisotopic (exact) mass is 773 g/mol. The molecule has 0 aliphatic rings. The minimum absolute atomic E-state index is 0. The summed E-state index contributed by atoms with van der Waals surface area (Å²) in [7, 11) is 10.5. The van der Waals surface area contributed by atoms with Crippen LogP contribution < -0.4 is 0 Å². The van der Waals surface area contributed by atoms with Crippen LogP contribution in [0.3, 0.4) is 0 Å². The number of benzene rings is 3. The molecule has 45 heavy (non-hydrogen) atoms. The van der Waals surface area contributed by atoms with Crippen LogP contribution in [0.4, 0.5) is 5.69 Å². The van der Waals surface area contributed by atoms with Crippen molar-refractivity contribution in [3.8, 4) is 11.3 Å². The van der Waals surface area contributed by atoms with E-state index in [-0.39, 0.29) is 31.9 Å². The van der Waals surface area contributed by atoms with Crippen molar-refractivity contribution in [3.63, 3.8) is 0 Å². The normalized spacial score (nSPS) is 10.7. The molecule has 0 saturated carbocycles. The first-order valence-electron chi connectivity index (χ1n) is 15.4. The maximum atomic E-state index is 5.47. The van der Waals surface area contributed by atoms with Gasteiger partial charge in [0.2, 0.25) is 0 Å². The zero-order valence-electron chi connectivity index (χ0n) is 30.0. The minimum Gasteiger partial charge on any atom is -0.673 e. The van der Waals surface area contributed by atoms with Crippen molar-refractivity contribution in [2.75, 3.05) is 42.3 Å². The van der Waals surface area contributed by atoms with E-state index in [1.54, 1.807) is 42.3 Å². The molecule has 4 rings (SSSR count). The van der Waals surface area contributed by atoms with Gasteiger partial charge in [-0.05, 0) is 61.9 Å². The number of aryl methyl sites for hydroxylation is 3. The van der Waals surface area contributed by atoms with Crippen molar-refractivity contribution in [2.45, 2.75) is 66.3 Å². The third-order valence-electron chi connectivity index (χ3n) is 6.70. The molecule has 3 aromatic carbocycles. The second-order valence-corrected chi connectivity index (χ2v) is 11.6. The molecule has 5 nitrogen and oxygen atoms in total. The number of rotatable bonds is 7. The van der Waals surface area contributed by atoms with Gasteiger partial charge in [-0.15, -0.1) is 5.69 Å². The van der Waals surface area contributed by atoms with Gasteiger partial charge in [0.25, 0.3) is 0 Å². The van der Waals surface area contributed by atoms with E-state index >= 15 is 0 Å². The summed E-state index contributed by atoms with van der Waals surface area (Å²) in [5.74, 6) is 0.780. The second-order valence-electron chi connectivity index (χ2n) is 11.6. The van der Waals surface area contributed by atoms with E-state index in [1.807, 2.05) is 0 Å². The third kappa shape index (κ3) is 13.3. The van der Waals surface area contributed by atoms with Gasteiger partial charge in [-0.25, -0.2) is 0 Å². The molecule has 0 radical (unpaired) electrons. The standard InChI is InChI=1S/C33H37N2.3C2H6N.Hf/c1-21(2)27-15-11-16-28(22(3)4)33(27)35-32(26-13-9-8-10-14-26)30-18-12-17-29(34-30)31-24(6)19-23(5)20-25(31)7;3*1-3-2;/h8-22,32H,1-7H3;3*1-2H3;/q4*-1;+4. The Labute approximate surface area is 294 Å². The summed E-state index contributed by atoms with van der Waals surface area (Å²) >= 11 is 0. The molecular formula is C39H55HfN5. The maximum absolute atomic E-state index is 5.47. The Morgan fingerprint density at radius 3 is 1.47 bits per heavy atom. The molecule has 0 amide bonds. The predicted molar refractivity (Wildman–Crippen MR) is 195 cm³/mol. The van der Waals surface area contributed by atoms with Crippen molar-refractivity contribution >= 4 is 5.69 Å². The maximum Gasteiger partial charge on any atom is 4.00 e. The topological polar surface area (TPSA) is 69.3 Å². The summed E-state index contributed by atoms with van der Waals surface area (Å²) in [4.78, 5) is 5.22. The zero-order chi connectivity index (χ0) is 33.2. The van der Waals surface area contributed by atoms with Crippen LogP contribution in [0.2, 0.25) is 0 Å². The number of nitrogens with zero attached hydrogens (tertiary/aromatic N) is 5. The average molecular weight is 772 g/mol. The molecule has 0 bridgehead atoms. The Hall–Kier alpha value is -2.64. The van der Waals surface area contributed by atoms with Crippen LogP contribution in [0.1, 0.15) is 84.6 Å². The first kappa shape index (κ1) is 42.4. The van der Waals surface area contributed by atoms with Gasteiger partial charge in [0.1, 0.15) is 0 Å². The molecule has 0 saturated heterocycles.